The van der Waals surface area contributed by atoms with Gasteiger partial charge >= 0.3 is 0 Å². The van der Waals surface area contributed by atoms with Crippen molar-refractivity contribution in [2.45, 2.75) is 13.3 Å². The van der Waals surface area contributed by atoms with Gasteiger partial charge in [-0.2, -0.15) is 0 Å². The number of carbonyl (C=O) groups excluding carboxylic acids is 2. The number of anilines is 2. The van der Waals surface area contributed by atoms with E-state index in [-0.39, 0.29) is 11.8 Å². The van der Waals surface area contributed by atoms with Gasteiger partial charge in [-0.25, -0.2) is 0 Å². The molecule has 4 aromatic rings. The van der Waals surface area contributed by atoms with Crippen molar-refractivity contribution in [2.24, 2.45) is 0 Å². The molecular formula is C34H26N4O3. The lowest BCUT2D eigenvalue weighted by molar-refractivity contribution is -0.114. The second kappa shape index (κ2) is 11.3. The van der Waals surface area contributed by atoms with Crippen LogP contribution in [-0.2, 0) is 9.59 Å². The van der Waals surface area contributed by atoms with Crippen LogP contribution in [0.4, 0.5) is 11.4 Å². The highest BCUT2D eigenvalue weighted by Crippen LogP contribution is 2.33. The van der Waals surface area contributed by atoms with Crippen molar-refractivity contribution in [1.29, 1.82) is 0 Å². The first-order chi connectivity index (χ1) is 20.0. The minimum Gasteiger partial charge on any atom is -0.416 e. The molecule has 41 heavy (non-hydrogen) atoms. The first-order valence-corrected chi connectivity index (χ1v) is 13.2. The van der Waals surface area contributed by atoms with Gasteiger partial charge in [0.05, 0.1) is 0 Å². The summed E-state index contributed by atoms with van der Waals surface area (Å²) in [6, 6.07) is 23.0. The summed E-state index contributed by atoms with van der Waals surface area (Å²) >= 11 is 0. The van der Waals surface area contributed by atoms with Crippen LogP contribution >= 0.6 is 0 Å². The maximum atomic E-state index is 12.4. The fraction of sp³-hybridized carbons (Fsp3) is 0.0588. The first kappa shape index (κ1) is 25.7. The average Bonchev–Trinajstić information content (AvgIpc) is 3.50. The van der Waals surface area contributed by atoms with E-state index in [1.807, 2.05) is 109 Å². The van der Waals surface area contributed by atoms with E-state index in [2.05, 4.69) is 26.9 Å². The summed E-state index contributed by atoms with van der Waals surface area (Å²) < 4.78 is 6.03. The molecule has 2 aliphatic rings. The Morgan fingerprint density at radius 2 is 1.71 bits per heavy atom. The second-order valence-electron chi connectivity index (χ2n) is 9.66. The summed E-state index contributed by atoms with van der Waals surface area (Å²) in [5.74, 6) is 0.678. The molecular weight excluding hydrogens is 512 g/mol. The largest absolute Gasteiger partial charge is 0.416 e. The molecule has 1 aliphatic carbocycles. The molecule has 2 N–H and O–H groups in total. The third kappa shape index (κ3) is 5.74. The van der Waals surface area contributed by atoms with Crippen molar-refractivity contribution >= 4 is 46.5 Å². The number of amides is 2. The zero-order chi connectivity index (χ0) is 28.2. The van der Waals surface area contributed by atoms with Crippen LogP contribution in [0.3, 0.4) is 0 Å². The Labute approximate surface area is 237 Å². The van der Waals surface area contributed by atoms with Gasteiger partial charge in [0.1, 0.15) is 0 Å². The van der Waals surface area contributed by atoms with E-state index in [4.69, 9.17) is 4.42 Å². The van der Waals surface area contributed by atoms with Gasteiger partial charge in [-0.15, -0.1) is 10.2 Å². The van der Waals surface area contributed by atoms with Gasteiger partial charge in [-0.1, -0.05) is 85.0 Å². The number of benzene rings is 3. The topological polar surface area (TPSA) is 97.1 Å². The van der Waals surface area contributed by atoms with Crippen molar-refractivity contribution in [3.63, 3.8) is 0 Å². The van der Waals surface area contributed by atoms with Gasteiger partial charge in [0.25, 0.3) is 5.91 Å². The summed E-state index contributed by atoms with van der Waals surface area (Å²) in [6.45, 7) is 1.50. The van der Waals surface area contributed by atoms with Crippen LogP contribution in [0.15, 0.2) is 113 Å². The molecule has 0 atom stereocenters. The number of nitrogens with zero attached hydrogens (tertiary/aromatic N) is 2. The Morgan fingerprint density at radius 3 is 2.56 bits per heavy atom. The molecule has 1 aromatic heterocycles. The van der Waals surface area contributed by atoms with E-state index >= 15 is 0 Å². The third-order valence-corrected chi connectivity index (χ3v) is 6.73. The van der Waals surface area contributed by atoms with Crippen molar-refractivity contribution in [3.8, 4) is 11.5 Å². The smallest absolute Gasteiger partial charge is 0.256 e. The quantitative estimate of drug-likeness (QED) is 0.254. The fourth-order valence-corrected chi connectivity index (χ4v) is 4.68. The minimum atomic E-state index is -0.108. The average molecular weight is 539 g/mol. The van der Waals surface area contributed by atoms with Gasteiger partial charge in [0, 0.05) is 40.6 Å². The number of hydrogen-bond acceptors (Lipinski definition) is 5. The van der Waals surface area contributed by atoms with Gasteiger partial charge in [0.15, 0.2) is 0 Å². The molecule has 0 bridgehead atoms. The number of fused-ring (bicyclic) bond motifs is 1. The molecule has 7 nitrogen and oxygen atoms in total. The predicted octanol–water partition coefficient (Wildman–Crippen LogP) is 7.17. The zero-order valence-corrected chi connectivity index (χ0v) is 22.3. The Balaban J connectivity index is 1.17. The summed E-state index contributed by atoms with van der Waals surface area (Å²) in [4.78, 5) is 23.9. The third-order valence-electron chi connectivity index (χ3n) is 6.73. The minimum absolute atomic E-state index is 0.106. The molecule has 7 heteroatoms. The molecule has 3 aromatic carbocycles. The maximum absolute atomic E-state index is 12.4. The Morgan fingerprint density at radius 1 is 0.927 bits per heavy atom. The number of aromatic nitrogens is 2. The SMILES string of the molecule is CC(=O)Nc1ccccc1/C=C/C1=CC=C(c2nnc(-c3ccc(/C=C4\C(=O)Nc5ccccc54)cc3)o2)CC=C1. The number of hydrogen-bond donors (Lipinski definition) is 2. The van der Waals surface area contributed by atoms with Crippen LogP contribution in [0.25, 0.3) is 34.8 Å². The molecule has 200 valence electrons. The molecule has 0 spiro atoms. The molecule has 6 rings (SSSR count). The van der Waals surface area contributed by atoms with E-state index in [1.54, 1.807) is 0 Å². The van der Waals surface area contributed by atoms with E-state index in [0.29, 0.717) is 23.8 Å². The van der Waals surface area contributed by atoms with E-state index < -0.39 is 0 Å². The molecule has 2 heterocycles. The van der Waals surface area contributed by atoms with Crippen molar-refractivity contribution in [3.05, 3.63) is 131 Å². The predicted molar refractivity (Wildman–Crippen MR) is 162 cm³/mol. The molecule has 0 radical (unpaired) electrons. The van der Waals surface area contributed by atoms with Gasteiger partial charge in [-0.3, -0.25) is 9.59 Å². The Hall–Kier alpha value is -5.56. The standard InChI is InChI=1S/C34H26N4O3/c1-22(39)35-30-11-4-2-8-25(30)17-13-23-7-6-9-26(18-14-23)33-37-38-34(41-33)27-19-15-24(16-20-27)21-29-28-10-3-5-12-31(28)36-32(29)40/h2-8,10-21H,9H2,1H3,(H,35,39)(H,36,40)/b17-13+,29-21-. The van der Waals surface area contributed by atoms with Crippen LogP contribution in [0.1, 0.15) is 35.9 Å². The van der Waals surface area contributed by atoms with E-state index in [0.717, 1.165) is 44.8 Å². The Kier molecular flexibility index (Phi) is 7.07. The normalized spacial score (nSPS) is 15.3. The zero-order valence-electron chi connectivity index (χ0n) is 22.3. The lowest BCUT2D eigenvalue weighted by Crippen LogP contribution is -2.06. The summed E-state index contributed by atoms with van der Waals surface area (Å²) in [7, 11) is 0. The Bertz CT molecular complexity index is 1800. The molecule has 0 saturated carbocycles. The summed E-state index contributed by atoms with van der Waals surface area (Å²) in [6.07, 6.45) is 14.6. The van der Waals surface area contributed by atoms with Crippen molar-refractivity contribution in [2.75, 3.05) is 10.6 Å². The second-order valence-corrected chi connectivity index (χ2v) is 9.66. The van der Waals surface area contributed by atoms with Crippen molar-refractivity contribution < 1.29 is 14.0 Å². The maximum Gasteiger partial charge on any atom is 0.256 e. The summed E-state index contributed by atoms with van der Waals surface area (Å²) in [5.41, 5.74) is 7.66. The van der Waals surface area contributed by atoms with Gasteiger partial charge in [0.2, 0.25) is 17.7 Å². The number of nitrogens with one attached hydrogen (secondary N) is 2. The number of para-hydroxylation sites is 2. The molecule has 2 amide bonds. The summed E-state index contributed by atoms with van der Waals surface area (Å²) in [5, 5.41) is 14.3. The highest BCUT2D eigenvalue weighted by molar-refractivity contribution is 6.34. The number of rotatable bonds is 6. The van der Waals surface area contributed by atoms with Crippen molar-refractivity contribution in [1.82, 2.24) is 10.2 Å². The van der Waals surface area contributed by atoms with Crippen LogP contribution in [0.5, 0.6) is 0 Å². The van der Waals surface area contributed by atoms with Crippen LogP contribution in [0.2, 0.25) is 0 Å². The van der Waals surface area contributed by atoms with Crippen LogP contribution in [0, 0.1) is 0 Å². The van der Waals surface area contributed by atoms with Gasteiger partial charge < -0.3 is 15.1 Å². The number of allylic oxidation sites excluding steroid dienone is 7. The highest BCUT2D eigenvalue weighted by atomic mass is 16.4. The lowest BCUT2D eigenvalue weighted by Gasteiger charge is -2.05. The number of carbonyl (C=O) groups is 2. The monoisotopic (exact) mass is 538 g/mol. The lowest BCUT2D eigenvalue weighted by atomic mass is 10.0. The van der Waals surface area contributed by atoms with Crippen LogP contribution < -0.4 is 10.6 Å². The van der Waals surface area contributed by atoms with Gasteiger partial charge in [-0.05, 0) is 53.5 Å². The van der Waals surface area contributed by atoms with E-state index in [1.165, 1.54) is 6.92 Å². The molecule has 0 saturated heterocycles. The first-order valence-electron chi connectivity index (χ1n) is 13.2. The fourth-order valence-electron chi connectivity index (χ4n) is 4.68. The highest BCUT2D eigenvalue weighted by Gasteiger charge is 2.23. The van der Waals surface area contributed by atoms with Crippen LogP contribution in [-0.4, -0.2) is 22.0 Å². The molecule has 0 unspecified atom stereocenters. The van der Waals surface area contributed by atoms with E-state index in [9.17, 15) is 9.59 Å². The molecule has 0 fully saturated rings. The molecule has 1 aliphatic heterocycles.